The number of carbonyl (C=O) groups is 1. The molecule has 150 valence electrons. The van der Waals surface area contributed by atoms with Crippen molar-refractivity contribution in [2.75, 3.05) is 11.5 Å². The van der Waals surface area contributed by atoms with Gasteiger partial charge in [-0.3, -0.25) is 15.0 Å². The fourth-order valence-corrected chi connectivity index (χ4v) is 3.55. The average molecular weight is 415 g/mol. The molecule has 1 atom stereocenters. The number of nitrogens with zero attached hydrogens (tertiary/aromatic N) is 2. The van der Waals surface area contributed by atoms with Crippen LogP contribution < -0.4 is 10.2 Å². The second kappa shape index (κ2) is 8.36. The van der Waals surface area contributed by atoms with Crippen molar-refractivity contribution in [3.8, 4) is 0 Å². The van der Waals surface area contributed by atoms with Gasteiger partial charge in [-0.15, -0.1) is 0 Å². The molecule has 0 aromatic heterocycles. The van der Waals surface area contributed by atoms with E-state index in [0.717, 1.165) is 0 Å². The van der Waals surface area contributed by atoms with E-state index < -0.39 is 22.8 Å². The van der Waals surface area contributed by atoms with Crippen molar-refractivity contribution in [1.29, 1.82) is 0 Å². The normalized spacial score (nSPS) is 16.4. The molecule has 0 fully saturated rings. The Labute approximate surface area is 171 Å². The van der Waals surface area contributed by atoms with E-state index in [2.05, 4.69) is 5.32 Å². The zero-order valence-electron chi connectivity index (χ0n) is 15.7. The SMILES string of the molecule is CCOC(=O)C1=C(C)N(c2ccc(F)cc2)C(=S)NC1c1cccc([N+](=O)[O-])c1. The summed E-state index contributed by atoms with van der Waals surface area (Å²) in [5, 5.41) is 14.5. The molecule has 2 aromatic rings. The van der Waals surface area contributed by atoms with Crippen LogP contribution in [0, 0.1) is 15.9 Å². The summed E-state index contributed by atoms with van der Waals surface area (Å²) in [6.07, 6.45) is 0. The van der Waals surface area contributed by atoms with E-state index in [4.69, 9.17) is 17.0 Å². The van der Waals surface area contributed by atoms with Crippen LogP contribution in [0.1, 0.15) is 25.5 Å². The lowest BCUT2D eigenvalue weighted by Gasteiger charge is -2.37. The molecule has 7 nitrogen and oxygen atoms in total. The number of nitro groups is 1. The number of anilines is 1. The first-order chi connectivity index (χ1) is 13.8. The molecule has 1 aliphatic heterocycles. The van der Waals surface area contributed by atoms with Gasteiger partial charge in [0.1, 0.15) is 5.82 Å². The van der Waals surface area contributed by atoms with Gasteiger partial charge in [-0.1, -0.05) is 12.1 Å². The number of non-ortho nitro benzene ring substituents is 1. The molecular weight excluding hydrogens is 397 g/mol. The topological polar surface area (TPSA) is 84.7 Å². The second-order valence-corrected chi connectivity index (χ2v) is 6.65. The van der Waals surface area contributed by atoms with E-state index in [1.807, 2.05) is 0 Å². The highest BCUT2D eigenvalue weighted by atomic mass is 32.1. The van der Waals surface area contributed by atoms with Crippen molar-refractivity contribution in [3.05, 3.63) is 81.3 Å². The molecule has 9 heteroatoms. The molecule has 2 aromatic carbocycles. The second-order valence-electron chi connectivity index (χ2n) is 6.27. The summed E-state index contributed by atoms with van der Waals surface area (Å²) >= 11 is 5.49. The lowest BCUT2D eigenvalue weighted by atomic mass is 9.94. The maximum atomic E-state index is 13.3. The van der Waals surface area contributed by atoms with Crippen LogP contribution >= 0.6 is 12.2 Å². The molecule has 0 saturated heterocycles. The summed E-state index contributed by atoms with van der Waals surface area (Å²) in [4.78, 5) is 25.0. The van der Waals surface area contributed by atoms with Crippen molar-refractivity contribution < 1.29 is 18.8 Å². The van der Waals surface area contributed by atoms with Crippen LogP contribution in [0.15, 0.2) is 59.8 Å². The van der Waals surface area contributed by atoms with E-state index in [-0.39, 0.29) is 23.0 Å². The minimum atomic E-state index is -0.724. The summed E-state index contributed by atoms with van der Waals surface area (Å²) in [5.74, 6) is -0.963. The molecule has 3 rings (SSSR count). The standard InChI is InChI=1S/C20H18FN3O4S/c1-3-28-19(25)17-12(2)23(15-9-7-14(21)8-10-15)20(29)22-18(17)13-5-4-6-16(11-13)24(26)27/h4-11,18H,3H2,1-2H3,(H,22,29). The fourth-order valence-electron chi connectivity index (χ4n) is 3.19. The molecule has 0 amide bonds. The molecule has 0 bridgehead atoms. The van der Waals surface area contributed by atoms with Crippen molar-refractivity contribution in [2.24, 2.45) is 0 Å². The van der Waals surface area contributed by atoms with Gasteiger partial charge in [-0.2, -0.15) is 0 Å². The number of carbonyl (C=O) groups excluding carboxylic acids is 1. The Morgan fingerprint density at radius 1 is 1.31 bits per heavy atom. The lowest BCUT2D eigenvalue weighted by Crippen LogP contribution is -2.48. The molecule has 0 radical (unpaired) electrons. The Hall–Kier alpha value is -3.33. The average Bonchev–Trinajstić information content (AvgIpc) is 2.69. The molecule has 0 saturated carbocycles. The molecule has 0 spiro atoms. The van der Waals surface area contributed by atoms with Gasteiger partial charge in [0.05, 0.1) is 23.1 Å². The maximum Gasteiger partial charge on any atom is 0.338 e. The van der Waals surface area contributed by atoms with Crippen LogP contribution in [-0.4, -0.2) is 22.6 Å². The van der Waals surface area contributed by atoms with E-state index in [9.17, 15) is 19.3 Å². The number of ether oxygens (including phenoxy) is 1. The third kappa shape index (κ3) is 4.09. The summed E-state index contributed by atoms with van der Waals surface area (Å²) in [6, 6.07) is 10.9. The maximum absolute atomic E-state index is 13.3. The van der Waals surface area contributed by atoms with Crippen LogP contribution in [0.4, 0.5) is 15.8 Å². The number of rotatable bonds is 5. The third-order valence-corrected chi connectivity index (χ3v) is 4.78. The molecular formula is C20H18FN3O4S. The van der Waals surface area contributed by atoms with E-state index in [1.165, 1.54) is 24.3 Å². The zero-order valence-corrected chi connectivity index (χ0v) is 16.5. The number of benzene rings is 2. The number of nitrogens with one attached hydrogen (secondary N) is 1. The predicted octanol–water partition coefficient (Wildman–Crippen LogP) is 4.01. The summed E-state index contributed by atoms with van der Waals surface area (Å²) in [6.45, 7) is 3.56. The first-order valence-electron chi connectivity index (χ1n) is 8.82. The third-order valence-electron chi connectivity index (χ3n) is 4.48. The van der Waals surface area contributed by atoms with Gasteiger partial charge >= 0.3 is 5.97 Å². The monoisotopic (exact) mass is 415 g/mol. The molecule has 1 aliphatic rings. The Balaban J connectivity index is 2.13. The number of hydrogen-bond acceptors (Lipinski definition) is 5. The quantitative estimate of drug-likeness (QED) is 0.342. The first kappa shape index (κ1) is 20.4. The Morgan fingerprint density at radius 2 is 2.00 bits per heavy atom. The molecule has 1 N–H and O–H groups in total. The number of nitro benzene ring substituents is 1. The Kier molecular flexibility index (Phi) is 5.88. The molecule has 0 aliphatic carbocycles. The van der Waals surface area contributed by atoms with Gasteiger partial charge in [0.15, 0.2) is 5.11 Å². The van der Waals surface area contributed by atoms with Gasteiger partial charge in [0.25, 0.3) is 5.69 Å². The van der Waals surface area contributed by atoms with Crippen molar-refractivity contribution in [2.45, 2.75) is 19.9 Å². The Morgan fingerprint density at radius 3 is 2.62 bits per heavy atom. The molecule has 1 unspecified atom stereocenters. The fraction of sp³-hybridized carbons (Fsp3) is 0.200. The van der Waals surface area contributed by atoms with Crippen molar-refractivity contribution in [3.63, 3.8) is 0 Å². The summed E-state index contributed by atoms with van der Waals surface area (Å²) in [5.41, 5.74) is 1.74. The highest BCUT2D eigenvalue weighted by Crippen LogP contribution is 2.35. The van der Waals surface area contributed by atoms with Gasteiger partial charge in [-0.05, 0) is 55.9 Å². The molecule has 29 heavy (non-hydrogen) atoms. The first-order valence-corrected chi connectivity index (χ1v) is 9.22. The minimum Gasteiger partial charge on any atom is -0.463 e. The summed E-state index contributed by atoms with van der Waals surface area (Å²) < 4.78 is 18.6. The van der Waals surface area contributed by atoms with Crippen LogP contribution in [0.2, 0.25) is 0 Å². The Bertz CT molecular complexity index is 1010. The van der Waals surface area contributed by atoms with E-state index >= 15 is 0 Å². The predicted molar refractivity (Wildman–Crippen MR) is 110 cm³/mol. The summed E-state index contributed by atoms with van der Waals surface area (Å²) in [7, 11) is 0. The smallest absolute Gasteiger partial charge is 0.338 e. The van der Waals surface area contributed by atoms with Gasteiger partial charge in [-0.25, -0.2) is 9.18 Å². The van der Waals surface area contributed by atoms with Gasteiger partial charge < -0.3 is 10.1 Å². The van der Waals surface area contributed by atoms with Crippen molar-refractivity contribution in [1.82, 2.24) is 5.32 Å². The number of hydrogen-bond donors (Lipinski definition) is 1. The van der Waals surface area contributed by atoms with Crippen molar-refractivity contribution >= 4 is 34.7 Å². The number of halogens is 1. The minimum absolute atomic E-state index is 0.1000. The van der Waals surface area contributed by atoms with Crippen LogP contribution in [0.25, 0.3) is 0 Å². The number of allylic oxidation sites excluding steroid dienone is 1. The lowest BCUT2D eigenvalue weighted by molar-refractivity contribution is -0.384. The number of thiocarbonyl (C=S) groups is 1. The zero-order chi connectivity index (χ0) is 21.1. The van der Waals surface area contributed by atoms with Gasteiger partial charge in [0.2, 0.25) is 0 Å². The largest absolute Gasteiger partial charge is 0.463 e. The number of esters is 1. The van der Waals surface area contributed by atoms with Gasteiger partial charge in [0, 0.05) is 23.5 Å². The highest BCUT2D eigenvalue weighted by Gasteiger charge is 2.35. The molecule has 1 heterocycles. The highest BCUT2D eigenvalue weighted by molar-refractivity contribution is 7.80. The van der Waals surface area contributed by atoms with Crippen LogP contribution in [0.5, 0.6) is 0 Å². The van der Waals surface area contributed by atoms with E-state index in [0.29, 0.717) is 16.9 Å². The van der Waals surface area contributed by atoms with Crippen LogP contribution in [-0.2, 0) is 9.53 Å². The van der Waals surface area contributed by atoms with Crippen LogP contribution in [0.3, 0.4) is 0 Å². The van der Waals surface area contributed by atoms with E-state index in [1.54, 1.807) is 43.0 Å².